The summed E-state index contributed by atoms with van der Waals surface area (Å²) in [6.45, 7) is 4.19. The van der Waals surface area contributed by atoms with Gasteiger partial charge >= 0.3 is 0 Å². The van der Waals surface area contributed by atoms with Crippen LogP contribution in [0.1, 0.15) is 33.1 Å². The summed E-state index contributed by atoms with van der Waals surface area (Å²) in [4.78, 5) is 11.3. The number of carbonyl (C=O) groups excluding carboxylic acids is 1. The van der Waals surface area contributed by atoms with Crippen molar-refractivity contribution in [3.05, 3.63) is 21.8 Å². The second kappa shape index (κ2) is 9.84. The van der Waals surface area contributed by atoms with E-state index in [4.69, 9.17) is 0 Å². The molecule has 1 atom stereocenters. The van der Waals surface area contributed by atoms with Crippen LogP contribution >= 0.6 is 22.6 Å². The number of allylic oxidation sites excluding steroid dienone is 2. The van der Waals surface area contributed by atoms with Gasteiger partial charge in [-0.15, -0.1) is 0 Å². The van der Waals surface area contributed by atoms with Crippen LogP contribution in [-0.4, -0.2) is 23.7 Å². The number of hydrogen-bond donors (Lipinski definition) is 2. The third-order valence-electron chi connectivity index (χ3n) is 2.21. The first-order valence-corrected chi connectivity index (χ1v) is 6.74. The number of carbonyl (C=O) groups is 1. The van der Waals surface area contributed by atoms with E-state index in [1.165, 1.54) is 0 Å². The Morgan fingerprint density at radius 1 is 1.56 bits per heavy atom. The first-order chi connectivity index (χ1) is 7.61. The third kappa shape index (κ3) is 7.87. The van der Waals surface area contributed by atoms with Gasteiger partial charge in [0.2, 0.25) is 5.91 Å². The topological polar surface area (TPSA) is 49.3 Å². The van der Waals surface area contributed by atoms with Crippen molar-refractivity contribution in [2.24, 2.45) is 0 Å². The lowest BCUT2D eigenvalue weighted by atomic mass is 10.1. The highest BCUT2D eigenvalue weighted by Gasteiger charge is 2.07. The van der Waals surface area contributed by atoms with Crippen molar-refractivity contribution >= 4 is 28.5 Å². The summed E-state index contributed by atoms with van der Waals surface area (Å²) in [5.41, 5.74) is 0.851. The normalized spacial score (nSPS) is 14.1. The molecule has 0 aromatic carbocycles. The molecule has 0 saturated carbocycles. The Morgan fingerprint density at radius 2 is 2.25 bits per heavy atom. The standard InChI is InChI=1S/C12H20INO2/c1-3-4-7-12(16)14-9-11(15)10(2)6-5-8-13/h5-6,8,11,15H,3-4,7,9H2,1-2H3,(H,14,16)/b8-5-,10-6+/t11-/m0/s1. The van der Waals surface area contributed by atoms with Crippen LogP contribution in [0.15, 0.2) is 21.8 Å². The molecule has 0 aliphatic carbocycles. The number of aliphatic hydroxyl groups is 1. The van der Waals surface area contributed by atoms with E-state index >= 15 is 0 Å². The predicted molar refractivity (Wildman–Crippen MR) is 75.5 cm³/mol. The van der Waals surface area contributed by atoms with Gasteiger partial charge in [0.1, 0.15) is 0 Å². The van der Waals surface area contributed by atoms with Gasteiger partial charge in [-0.1, -0.05) is 48.1 Å². The molecular formula is C12H20INO2. The quantitative estimate of drug-likeness (QED) is 0.554. The summed E-state index contributed by atoms with van der Waals surface area (Å²) in [7, 11) is 0. The Kier molecular flexibility index (Phi) is 9.62. The predicted octanol–water partition coefficient (Wildman–Crippen LogP) is 2.55. The van der Waals surface area contributed by atoms with Crippen LogP contribution in [-0.2, 0) is 4.79 Å². The molecule has 0 unspecified atom stereocenters. The molecule has 0 radical (unpaired) electrons. The molecule has 3 nitrogen and oxygen atoms in total. The molecular weight excluding hydrogens is 317 g/mol. The number of rotatable bonds is 7. The lowest BCUT2D eigenvalue weighted by molar-refractivity contribution is -0.121. The van der Waals surface area contributed by atoms with Crippen LogP contribution in [0.4, 0.5) is 0 Å². The Labute approximate surface area is 111 Å². The van der Waals surface area contributed by atoms with Gasteiger partial charge in [0.25, 0.3) is 0 Å². The molecule has 0 aliphatic rings. The molecule has 0 saturated heterocycles. The van der Waals surface area contributed by atoms with Crippen LogP contribution in [0.25, 0.3) is 0 Å². The Morgan fingerprint density at radius 3 is 2.81 bits per heavy atom. The minimum Gasteiger partial charge on any atom is -0.387 e. The molecule has 0 aromatic heterocycles. The fraction of sp³-hybridized carbons (Fsp3) is 0.583. The molecule has 0 fully saturated rings. The fourth-order valence-electron chi connectivity index (χ4n) is 1.10. The molecule has 16 heavy (non-hydrogen) atoms. The lowest BCUT2D eigenvalue weighted by Gasteiger charge is -2.12. The van der Waals surface area contributed by atoms with Crippen molar-refractivity contribution in [3.63, 3.8) is 0 Å². The Balaban J connectivity index is 3.88. The van der Waals surface area contributed by atoms with E-state index in [1.54, 1.807) is 0 Å². The lowest BCUT2D eigenvalue weighted by Crippen LogP contribution is -2.32. The largest absolute Gasteiger partial charge is 0.387 e. The van der Waals surface area contributed by atoms with Crippen molar-refractivity contribution in [2.75, 3.05) is 6.54 Å². The smallest absolute Gasteiger partial charge is 0.220 e. The third-order valence-corrected chi connectivity index (χ3v) is 2.62. The minimum atomic E-state index is -0.599. The fourth-order valence-corrected chi connectivity index (χ4v) is 1.30. The first-order valence-electron chi connectivity index (χ1n) is 5.50. The second-order valence-electron chi connectivity index (χ2n) is 3.65. The van der Waals surface area contributed by atoms with Gasteiger partial charge in [0.05, 0.1) is 6.10 Å². The molecule has 92 valence electrons. The number of halogens is 1. The molecule has 0 spiro atoms. The maximum absolute atomic E-state index is 11.3. The summed E-state index contributed by atoms with van der Waals surface area (Å²) < 4.78 is 1.87. The zero-order valence-corrected chi connectivity index (χ0v) is 12.0. The Hall–Kier alpha value is -0.360. The highest BCUT2D eigenvalue weighted by atomic mass is 127. The van der Waals surface area contributed by atoms with Crippen LogP contribution < -0.4 is 5.32 Å². The molecule has 1 amide bonds. The highest BCUT2D eigenvalue weighted by molar-refractivity contribution is 14.1. The van der Waals surface area contributed by atoms with E-state index in [9.17, 15) is 9.90 Å². The Bertz CT molecular complexity index is 262. The van der Waals surface area contributed by atoms with E-state index in [-0.39, 0.29) is 5.91 Å². The molecule has 4 heteroatoms. The molecule has 0 bridgehead atoms. The molecule has 0 aromatic rings. The zero-order valence-electron chi connectivity index (χ0n) is 9.87. The average molecular weight is 337 g/mol. The molecule has 2 N–H and O–H groups in total. The monoisotopic (exact) mass is 337 g/mol. The van der Waals surface area contributed by atoms with E-state index in [1.807, 2.05) is 30.1 Å². The van der Waals surface area contributed by atoms with Crippen molar-refractivity contribution < 1.29 is 9.90 Å². The van der Waals surface area contributed by atoms with E-state index < -0.39 is 6.10 Å². The van der Waals surface area contributed by atoms with Gasteiger partial charge in [0.15, 0.2) is 0 Å². The van der Waals surface area contributed by atoms with Gasteiger partial charge in [0, 0.05) is 13.0 Å². The number of unbranched alkanes of at least 4 members (excludes halogenated alkanes) is 1. The van der Waals surface area contributed by atoms with Gasteiger partial charge in [-0.3, -0.25) is 4.79 Å². The second-order valence-corrected chi connectivity index (χ2v) is 4.37. The number of amides is 1. The summed E-state index contributed by atoms with van der Waals surface area (Å²) >= 11 is 2.11. The number of aliphatic hydroxyl groups excluding tert-OH is 1. The van der Waals surface area contributed by atoms with Crippen molar-refractivity contribution in [1.29, 1.82) is 0 Å². The number of nitrogens with one attached hydrogen (secondary N) is 1. The van der Waals surface area contributed by atoms with Crippen LogP contribution in [0.2, 0.25) is 0 Å². The van der Waals surface area contributed by atoms with Gasteiger partial charge in [-0.2, -0.15) is 0 Å². The highest BCUT2D eigenvalue weighted by Crippen LogP contribution is 2.02. The molecule has 0 rings (SSSR count). The zero-order chi connectivity index (χ0) is 12.4. The summed E-state index contributed by atoms with van der Waals surface area (Å²) in [6.07, 6.45) is 5.55. The van der Waals surface area contributed by atoms with Crippen LogP contribution in [0, 0.1) is 0 Å². The molecule has 0 aliphatic heterocycles. The van der Waals surface area contributed by atoms with E-state index in [0.717, 1.165) is 18.4 Å². The van der Waals surface area contributed by atoms with Crippen LogP contribution in [0.5, 0.6) is 0 Å². The SMILES string of the molecule is CCCCC(=O)NC[C@H](O)/C(C)=C/C=C\I. The van der Waals surface area contributed by atoms with Crippen molar-refractivity contribution in [1.82, 2.24) is 5.32 Å². The summed E-state index contributed by atoms with van der Waals surface area (Å²) in [6, 6.07) is 0. The molecule has 0 heterocycles. The van der Waals surface area contributed by atoms with Gasteiger partial charge in [-0.05, 0) is 23.0 Å². The maximum atomic E-state index is 11.3. The first kappa shape index (κ1) is 15.6. The van der Waals surface area contributed by atoms with E-state index in [0.29, 0.717) is 13.0 Å². The summed E-state index contributed by atoms with van der Waals surface area (Å²) in [5, 5.41) is 12.4. The maximum Gasteiger partial charge on any atom is 0.220 e. The van der Waals surface area contributed by atoms with Gasteiger partial charge in [-0.25, -0.2) is 0 Å². The average Bonchev–Trinajstić information content (AvgIpc) is 2.30. The van der Waals surface area contributed by atoms with Gasteiger partial charge < -0.3 is 10.4 Å². The van der Waals surface area contributed by atoms with Crippen molar-refractivity contribution in [3.8, 4) is 0 Å². The summed E-state index contributed by atoms with van der Waals surface area (Å²) in [5.74, 6) is 0.0122. The van der Waals surface area contributed by atoms with E-state index in [2.05, 4.69) is 27.9 Å². The van der Waals surface area contributed by atoms with Crippen molar-refractivity contribution in [2.45, 2.75) is 39.2 Å². The van der Waals surface area contributed by atoms with Crippen LogP contribution in [0.3, 0.4) is 0 Å². The minimum absolute atomic E-state index is 0.0122. The number of hydrogen-bond acceptors (Lipinski definition) is 2.